The van der Waals surface area contributed by atoms with E-state index in [2.05, 4.69) is 12.1 Å². The van der Waals surface area contributed by atoms with Gasteiger partial charge < -0.3 is 10.6 Å². The number of carbonyl (C=O) groups is 1. The van der Waals surface area contributed by atoms with Crippen LogP contribution in [0, 0.1) is 0 Å². The molecule has 0 aromatic heterocycles. The Balaban J connectivity index is 0.00000256. The largest absolute Gasteiger partial charge is 0.341 e. The van der Waals surface area contributed by atoms with Crippen molar-refractivity contribution in [2.75, 3.05) is 13.1 Å². The fourth-order valence-electron chi connectivity index (χ4n) is 1.62. The molecule has 0 saturated carbocycles. The highest BCUT2D eigenvalue weighted by Gasteiger charge is 2.14. The highest BCUT2D eigenvalue weighted by atomic mass is 35.5. The second kappa shape index (κ2) is 8.09. The van der Waals surface area contributed by atoms with Gasteiger partial charge in [-0.1, -0.05) is 30.3 Å². The van der Waals surface area contributed by atoms with Gasteiger partial charge in [0.1, 0.15) is 0 Å². The predicted octanol–water partition coefficient (Wildman–Crippen LogP) is 1.85. The van der Waals surface area contributed by atoms with Crippen LogP contribution in [0.15, 0.2) is 30.3 Å². The van der Waals surface area contributed by atoms with Crippen molar-refractivity contribution in [2.24, 2.45) is 5.73 Å². The van der Waals surface area contributed by atoms with E-state index in [0.29, 0.717) is 6.54 Å². The molecule has 1 aromatic rings. The quantitative estimate of drug-likeness (QED) is 0.874. The van der Waals surface area contributed by atoms with E-state index in [9.17, 15) is 4.79 Å². The first-order valence-corrected chi connectivity index (χ1v) is 5.73. The van der Waals surface area contributed by atoms with Crippen LogP contribution in [0.5, 0.6) is 0 Å². The number of carbonyl (C=O) groups excluding carboxylic acids is 1. The van der Waals surface area contributed by atoms with Gasteiger partial charge in [-0.2, -0.15) is 0 Å². The Labute approximate surface area is 109 Å². The zero-order valence-corrected chi connectivity index (χ0v) is 11.2. The van der Waals surface area contributed by atoms with E-state index in [1.54, 1.807) is 11.8 Å². The van der Waals surface area contributed by atoms with Crippen LogP contribution in [0.1, 0.15) is 19.4 Å². The minimum absolute atomic E-state index is 0. The van der Waals surface area contributed by atoms with Crippen LogP contribution in [-0.4, -0.2) is 29.9 Å². The van der Waals surface area contributed by atoms with Crippen molar-refractivity contribution in [2.45, 2.75) is 26.3 Å². The molecule has 4 heteroatoms. The van der Waals surface area contributed by atoms with Crippen LogP contribution in [0.3, 0.4) is 0 Å². The highest BCUT2D eigenvalue weighted by molar-refractivity contribution is 5.85. The van der Waals surface area contributed by atoms with E-state index in [1.165, 1.54) is 5.56 Å². The number of hydrogen-bond donors (Lipinski definition) is 1. The van der Waals surface area contributed by atoms with Gasteiger partial charge in [0.15, 0.2) is 0 Å². The third kappa shape index (κ3) is 5.20. The average molecular weight is 257 g/mol. The van der Waals surface area contributed by atoms with Crippen molar-refractivity contribution in [3.8, 4) is 0 Å². The first-order valence-electron chi connectivity index (χ1n) is 5.73. The summed E-state index contributed by atoms with van der Waals surface area (Å²) in [7, 11) is 0. The Morgan fingerprint density at radius 2 is 1.94 bits per heavy atom. The molecule has 0 spiro atoms. The van der Waals surface area contributed by atoms with Crippen molar-refractivity contribution in [3.05, 3.63) is 35.9 Å². The zero-order valence-electron chi connectivity index (χ0n) is 10.4. The van der Waals surface area contributed by atoms with E-state index in [4.69, 9.17) is 5.73 Å². The van der Waals surface area contributed by atoms with Crippen LogP contribution in [-0.2, 0) is 11.2 Å². The molecule has 1 unspecified atom stereocenters. The molecule has 17 heavy (non-hydrogen) atoms. The Hall–Kier alpha value is -1.06. The first kappa shape index (κ1) is 15.9. The SMILES string of the molecule is CCN(CCc1ccccc1)C(=O)C(C)N.Cl. The molecule has 0 heterocycles. The van der Waals surface area contributed by atoms with Gasteiger partial charge in [0.2, 0.25) is 5.91 Å². The van der Waals surface area contributed by atoms with Crippen LogP contribution < -0.4 is 5.73 Å². The van der Waals surface area contributed by atoms with Gasteiger partial charge in [0, 0.05) is 13.1 Å². The van der Waals surface area contributed by atoms with Crippen LogP contribution in [0.2, 0.25) is 0 Å². The number of nitrogens with zero attached hydrogens (tertiary/aromatic N) is 1. The summed E-state index contributed by atoms with van der Waals surface area (Å²) in [6, 6.07) is 9.76. The lowest BCUT2D eigenvalue weighted by Gasteiger charge is -2.22. The van der Waals surface area contributed by atoms with Gasteiger partial charge in [0.25, 0.3) is 0 Å². The molecule has 0 bridgehead atoms. The summed E-state index contributed by atoms with van der Waals surface area (Å²) in [6.07, 6.45) is 0.882. The normalized spacial score (nSPS) is 11.5. The molecule has 0 aliphatic heterocycles. The van der Waals surface area contributed by atoms with Gasteiger partial charge in [0.05, 0.1) is 6.04 Å². The summed E-state index contributed by atoms with van der Waals surface area (Å²) in [6.45, 7) is 5.16. The van der Waals surface area contributed by atoms with Gasteiger partial charge in [-0.05, 0) is 25.8 Å². The molecule has 1 amide bonds. The number of halogens is 1. The van der Waals surface area contributed by atoms with E-state index < -0.39 is 6.04 Å². The van der Waals surface area contributed by atoms with Crippen LogP contribution in [0.25, 0.3) is 0 Å². The first-order chi connectivity index (χ1) is 7.65. The fraction of sp³-hybridized carbons (Fsp3) is 0.462. The number of nitrogens with two attached hydrogens (primary N) is 1. The van der Waals surface area contributed by atoms with E-state index in [1.807, 2.05) is 25.1 Å². The smallest absolute Gasteiger partial charge is 0.239 e. The number of benzene rings is 1. The van der Waals surface area contributed by atoms with Crippen molar-refractivity contribution >= 4 is 18.3 Å². The Morgan fingerprint density at radius 1 is 1.35 bits per heavy atom. The number of hydrogen-bond acceptors (Lipinski definition) is 2. The molecule has 0 aliphatic carbocycles. The molecule has 0 fully saturated rings. The number of likely N-dealkylation sites (N-methyl/N-ethyl adjacent to an activating group) is 1. The minimum Gasteiger partial charge on any atom is -0.341 e. The highest BCUT2D eigenvalue weighted by Crippen LogP contribution is 2.02. The molecule has 1 aromatic carbocycles. The predicted molar refractivity (Wildman–Crippen MR) is 73.3 cm³/mol. The summed E-state index contributed by atoms with van der Waals surface area (Å²) < 4.78 is 0. The molecule has 96 valence electrons. The molecular formula is C13H21ClN2O. The Morgan fingerprint density at radius 3 is 2.41 bits per heavy atom. The van der Waals surface area contributed by atoms with Crippen molar-refractivity contribution in [1.29, 1.82) is 0 Å². The molecule has 1 rings (SSSR count). The maximum Gasteiger partial charge on any atom is 0.239 e. The lowest BCUT2D eigenvalue weighted by molar-refractivity contribution is -0.131. The van der Waals surface area contributed by atoms with E-state index >= 15 is 0 Å². The average Bonchev–Trinajstić information content (AvgIpc) is 2.30. The third-order valence-corrected chi connectivity index (χ3v) is 2.60. The van der Waals surface area contributed by atoms with Gasteiger partial charge in [-0.15, -0.1) is 12.4 Å². The summed E-state index contributed by atoms with van der Waals surface area (Å²) >= 11 is 0. The molecule has 2 N–H and O–H groups in total. The monoisotopic (exact) mass is 256 g/mol. The standard InChI is InChI=1S/C13H20N2O.ClH/c1-3-15(13(16)11(2)14)10-9-12-7-5-4-6-8-12;/h4-8,11H,3,9-10,14H2,1-2H3;1H. The number of amides is 1. The topological polar surface area (TPSA) is 46.3 Å². The molecule has 0 radical (unpaired) electrons. The van der Waals surface area contributed by atoms with Crippen LogP contribution >= 0.6 is 12.4 Å². The molecule has 0 aliphatic rings. The molecule has 1 atom stereocenters. The van der Waals surface area contributed by atoms with Crippen LogP contribution in [0.4, 0.5) is 0 Å². The van der Waals surface area contributed by atoms with Crippen molar-refractivity contribution < 1.29 is 4.79 Å². The summed E-state index contributed by atoms with van der Waals surface area (Å²) in [5.74, 6) is 0.0263. The van der Waals surface area contributed by atoms with Crippen molar-refractivity contribution in [1.82, 2.24) is 4.90 Å². The molecule has 0 saturated heterocycles. The second-order valence-corrected chi connectivity index (χ2v) is 3.94. The summed E-state index contributed by atoms with van der Waals surface area (Å²) in [5, 5.41) is 0. The van der Waals surface area contributed by atoms with Gasteiger partial charge in [-0.3, -0.25) is 4.79 Å². The third-order valence-electron chi connectivity index (χ3n) is 2.60. The van der Waals surface area contributed by atoms with Gasteiger partial charge >= 0.3 is 0 Å². The Kier molecular flexibility index (Phi) is 7.59. The minimum atomic E-state index is -0.407. The second-order valence-electron chi connectivity index (χ2n) is 3.94. The zero-order chi connectivity index (χ0) is 12.0. The molecule has 3 nitrogen and oxygen atoms in total. The summed E-state index contributed by atoms with van der Waals surface area (Å²) in [4.78, 5) is 13.5. The number of rotatable bonds is 5. The van der Waals surface area contributed by atoms with E-state index in [0.717, 1.165) is 13.0 Å². The maximum atomic E-state index is 11.7. The lowest BCUT2D eigenvalue weighted by atomic mass is 10.1. The maximum absolute atomic E-state index is 11.7. The van der Waals surface area contributed by atoms with E-state index in [-0.39, 0.29) is 18.3 Å². The molecular weight excluding hydrogens is 236 g/mol. The van der Waals surface area contributed by atoms with Crippen molar-refractivity contribution in [3.63, 3.8) is 0 Å². The summed E-state index contributed by atoms with van der Waals surface area (Å²) in [5.41, 5.74) is 6.84. The lowest BCUT2D eigenvalue weighted by Crippen LogP contribution is -2.42. The fourth-order valence-corrected chi connectivity index (χ4v) is 1.62. The Bertz CT molecular complexity index is 327. The van der Waals surface area contributed by atoms with Gasteiger partial charge in [-0.25, -0.2) is 0 Å².